The van der Waals surface area contributed by atoms with Gasteiger partial charge in [-0.15, -0.1) is 5.10 Å². The molecule has 2 heterocycles. The SMILES string of the molecule is CCN1CCN(C(=O)[C@H](C)Sc2n[nH]c(-c3ccccc3F)n2)CC1. The van der Waals surface area contributed by atoms with Gasteiger partial charge in [-0.1, -0.05) is 30.8 Å². The number of aromatic nitrogens is 3. The van der Waals surface area contributed by atoms with Gasteiger partial charge in [0.2, 0.25) is 11.1 Å². The molecule has 1 aromatic heterocycles. The molecule has 25 heavy (non-hydrogen) atoms. The van der Waals surface area contributed by atoms with Crippen LogP contribution in [0.2, 0.25) is 0 Å². The summed E-state index contributed by atoms with van der Waals surface area (Å²) >= 11 is 1.29. The Morgan fingerprint density at radius 2 is 2.04 bits per heavy atom. The number of benzene rings is 1. The number of thioether (sulfide) groups is 1. The number of hydrogen-bond donors (Lipinski definition) is 1. The van der Waals surface area contributed by atoms with Crippen molar-refractivity contribution < 1.29 is 9.18 Å². The number of aromatic amines is 1. The molecule has 8 heteroatoms. The van der Waals surface area contributed by atoms with Gasteiger partial charge in [0.1, 0.15) is 5.82 Å². The minimum Gasteiger partial charge on any atom is -0.339 e. The van der Waals surface area contributed by atoms with E-state index in [1.807, 2.05) is 11.8 Å². The topological polar surface area (TPSA) is 65.1 Å². The Bertz CT molecular complexity index is 729. The molecule has 0 unspecified atom stereocenters. The Morgan fingerprint density at radius 1 is 1.32 bits per heavy atom. The number of likely N-dealkylation sites (N-methyl/N-ethyl adjacent to an activating group) is 1. The Kier molecular flexibility index (Phi) is 5.70. The maximum atomic E-state index is 13.8. The normalized spacial score (nSPS) is 16.8. The molecule has 1 aliphatic heterocycles. The van der Waals surface area contributed by atoms with E-state index in [1.165, 1.54) is 17.8 Å². The third-order valence-corrected chi connectivity index (χ3v) is 5.30. The zero-order chi connectivity index (χ0) is 17.8. The molecule has 1 aromatic carbocycles. The predicted octanol–water partition coefficient (Wildman–Crippen LogP) is 2.26. The highest BCUT2D eigenvalue weighted by Crippen LogP contribution is 2.25. The molecule has 0 saturated carbocycles. The van der Waals surface area contributed by atoms with Crippen LogP contribution >= 0.6 is 11.8 Å². The van der Waals surface area contributed by atoms with Crippen molar-refractivity contribution in [2.45, 2.75) is 24.3 Å². The summed E-state index contributed by atoms with van der Waals surface area (Å²) in [7, 11) is 0. The van der Waals surface area contributed by atoms with Crippen molar-refractivity contribution in [1.82, 2.24) is 25.0 Å². The van der Waals surface area contributed by atoms with E-state index < -0.39 is 0 Å². The fourth-order valence-electron chi connectivity index (χ4n) is 2.82. The summed E-state index contributed by atoms with van der Waals surface area (Å²) in [6.07, 6.45) is 0. The van der Waals surface area contributed by atoms with E-state index in [0.717, 1.165) is 32.7 Å². The van der Waals surface area contributed by atoms with Gasteiger partial charge in [-0.3, -0.25) is 9.89 Å². The largest absolute Gasteiger partial charge is 0.339 e. The summed E-state index contributed by atoms with van der Waals surface area (Å²) in [6, 6.07) is 6.40. The Hall–Kier alpha value is -1.93. The van der Waals surface area contributed by atoms with Crippen LogP contribution < -0.4 is 0 Å². The third kappa shape index (κ3) is 4.19. The van der Waals surface area contributed by atoms with Crippen molar-refractivity contribution in [2.24, 2.45) is 0 Å². The van der Waals surface area contributed by atoms with Gasteiger partial charge >= 0.3 is 0 Å². The second-order valence-corrected chi connectivity index (χ2v) is 7.27. The standard InChI is InChI=1S/C17H22FN5OS/c1-3-22-8-10-23(11-9-22)16(24)12(2)25-17-19-15(20-21-17)13-6-4-5-7-14(13)18/h4-7,12H,3,8-11H2,1-2H3,(H,19,20,21)/t12-/m0/s1. The second-order valence-electron chi connectivity index (χ2n) is 5.97. The van der Waals surface area contributed by atoms with E-state index in [2.05, 4.69) is 27.0 Å². The zero-order valence-electron chi connectivity index (χ0n) is 14.4. The first kappa shape index (κ1) is 17.9. The number of carbonyl (C=O) groups excluding carboxylic acids is 1. The minimum atomic E-state index is -0.354. The molecule has 6 nitrogen and oxygen atoms in total. The molecule has 3 rings (SSSR count). The fraction of sp³-hybridized carbons (Fsp3) is 0.471. The number of hydrogen-bond acceptors (Lipinski definition) is 5. The van der Waals surface area contributed by atoms with Crippen LogP contribution in [0.15, 0.2) is 29.4 Å². The van der Waals surface area contributed by atoms with E-state index in [4.69, 9.17) is 0 Å². The highest BCUT2D eigenvalue weighted by molar-refractivity contribution is 8.00. The molecular formula is C17H22FN5OS. The molecule has 0 radical (unpaired) electrons. The summed E-state index contributed by atoms with van der Waals surface area (Å²) < 4.78 is 13.8. The molecule has 0 bridgehead atoms. The molecule has 1 atom stereocenters. The van der Waals surface area contributed by atoms with Crippen molar-refractivity contribution in [2.75, 3.05) is 32.7 Å². The van der Waals surface area contributed by atoms with E-state index in [1.54, 1.807) is 18.2 Å². The predicted molar refractivity (Wildman–Crippen MR) is 95.8 cm³/mol. The van der Waals surface area contributed by atoms with Gasteiger partial charge < -0.3 is 9.80 Å². The third-order valence-electron chi connectivity index (χ3n) is 4.36. The van der Waals surface area contributed by atoms with Crippen LogP contribution in [0.4, 0.5) is 4.39 Å². The highest BCUT2D eigenvalue weighted by atomic mass is 32.2. The lowest BCUT2D eigenvalue weighted by Crippen LogP contribution is -2.50. The molecule has 2 aromatic rings. The van der Waals surface area contributed by atoms with Gasteiger partial charge in [0.25, 0.3) is 0 Å². The van der Waals surface area contributed by atoms with Crippen LogP contribution in [-0.4, -0.2) is 68.9 Å². The monoisotopic (exact) mass is 363 g/mol. The van der Waals surface area contributed by atoms with E-state index >= 15 is 0 Å². The molecular weight excluding hydrogens is 341 g/mol. The number of rotatable bonds is 5. The molecule has 0 aliphatic carbocycles. The van der Waals surface area contributed by atoms with Gasteiger partial charge in [0, 0.05) is 26.2 Å². The van der Waals surface area contributed by atoms with Gasteiger partial charge in [-0.2, -0.15) is 0 Å². The highest BCUT2D eigenvalue weighted by Gasteiger charge is 2.26. The number of H-pyrrole nitrogens is 1. The first-order valence-electron chi connectivity index (χ1n) is 8.43. The molecule has 0 spiro atoms. The average Bonchev–Trinajstić information content (AvgIpc) is 3.09. The molecule has 1 N–H and O–H groups in total. The first-order chi connectivity index (χ1) is 12.1. The Labute approximate surface area is 150 Å². The van der Waals surface area contributed by atoms with Crippen LogP contribution in [0, 0.1) is 5.82 Å². The van der Waals surface area contributed by atoms with Crippen molar-refractivity contribution in [3.8, 4) is 11.4 Å². The van der Waals surface area contributed by atoms with Crippen molar-refractivity contribution in [3.05, 3.63) is 30.1 Å². The lowest BCUT2D eigenvalue weighted by Gasteiger charge is -2.35. The molecule has 1 aliphatic rings. The number of piperazine rings is 1. The lowest BCUT2D eigenvalue weighted by molar-refractivity contribution is -0.132. The van der Waals surface area contributed by atoms with Crippen LogP contribution in [0.3, 0.4) is 0 Å². The van der Waals surface area contributed by atoms with Crippen LogP contribution in [0.5, 0.6) is 0 Å². The van der Waals surface area contributed by atoms with Gasteiger partial charge in [-0.25, -0.2) is 9.37 Å². The Balaban J connectivity index is 1.61. The smallest absolute Gasteiger partial charge is 0.235 e. The van der Waals surface area contributed by atoms with E-state index in [-0.39, 0.29) is 17.0 Å². The maximum Gasteiger partial charge on any atom is 0.235 e. The zero-order valence-corrected chi connectivity index (χ0v) is 15.2. The fourth-order valence-corrected chi connectivity index (χ4v) is 3.63. The van der Waals surface area contributed by atoms with Gasteiger partial charge in [0.05, 0.1) is 10.8 Å². The number of nitrogens with one attached hydrogen (secondary N) is 1. The molecule has 1 saturated heterocycles. The number of amides is 1. The summed E-state index contributed by atoms with van der Waals surface area (Å²) in [5.41, 5.74) is 0.372. The van der Waals surface area contributed by atoms with Gasteiger partial charge in [-0.05, 0) is 25.6 Å². The molecule has 134 valence electrons. The lowest BCUT2D eigenvalue weighted by atomic mass is 10.2. The van der Waals surface area contributed by atoms with Crippen LogP contribution in [-0.2, 0) is 4.79 Å². The van der Waals surface area contributed by atoms with Gasteiger partial charge in [0.15, 0.2) is 5.82 Å². The number of carbonyl (C=O) groups is 1. The summed E-state index contributed by atoms with van der Waals surface area (Å²) in [6.45, 7) is 8.35. The van der Waals surface area contributed by atoms with Crippen molar-refractivity contribution in [3.63, 3.8) is 0 Å². The van der Waals surface area contributed by atoms with E-state index in [9.17, 15) is 9.18 Å². The number of halogens is 1. The number of nitrogens with zero attached hydrogens (tertiary/aromatic N) is 4. The van der Waals surface area contributed by atoms with Crippen LogP contribution in [0.1, 0.15) is 13.8 Å². The summed E-state index contributed by atoms with van der Waals surface area (Å²) in [5.74, 6) is 0.114. The maximum absolute atomic E-state index is 13.8. The quantitative estimate of drug-likeness (QED) is 0.826. The first-order valence-corrected chi connectivity index (χ1v) is 9.31. The average molecular weight is 363 g/mol. The molecule has 1 amide bonds. The second kappa shape index (κ2) is 7.97. The summed E-state index contributed by atoms with van der Waals surface area (Å²) in [4.78, 5) is 21.1. The molecule has 1 fully saturated rings. The minimum absolute atomic E-state index is 0.0954. The van der Waals surface area contributed by atoms with E-state index in [0.29, 0.717) is 16.5 Å². The Morgan fingerprint density at radius 3 is 2.72 bits per heavy atom. The van der Waals surface area contributed by atoms with Crippen molar-refractivity contribution >= 4 is 17.7 Å². The van der Waals surface area contributed by atoms with Crippen molar-refractivity contribution in [1.29, 1.82) is 0 Å². The van der Waals surface area contributed by atoms with Crippen LogP contribution in [0.25, 0.3) is 11.4 Å². The summed E-state index contributed by atoms with van der Waals surface area (Å²) in [5, 5.41) is 7.02.